The lowest BCUT2D eigenvalue weighted by Crippen LogP contribution is -2.13. The minimum Gasteiger partial charge on any atom is -0.296 e. The molecule has 0 aliphatic rings. The van der Waals surface area contributed by atoms with Crippen molar-refractivity contribution in [2.75, 3.05) is 5.32 Å². The number of nitrogens with zero attached hydrogens (tertiary/aromatic N) is 2. The number of amides is 1. The fraction of sp³-hybridized carbons (Fsp3) is 0.308. The van der Waals surface area contributed by atoms with E-state index in [9.17, 15) is 13.6 Å². The molecule has 0 aliphatic carbocycles. The minimum atomic E-state index is -0.904. The third-order valence-electron chi connectivity index (χ3n) is 2.61. The summed E-state index contributed by atoms with van der Waals surface area (Å²) in [6, 6.07) is 2.80. The lowest BCUT2D eigenvalue weighted by atomic mass is 10.2. The Morgan fingerprint density at radius 1 is 1.35 bits per heavy atom. The Hall–Kier alpha value is -1.89. The normalized spacial score (nSPS) is 10.6. The number of hydrogen-bond donors (Lipinski definition) is 1. The summed E-state index contributed by atoms with van der Waals surface area (Å²) in [5.74, 6) is -2.30. The Balaban J connectivity index is 2.05. The second-order valence-corrected chi connectivity index (χ2v) is 5.24. The first-order chi connectivity index (χ1) is 9.60. The second kappa shape index (κ2) is 6.51. The first-order valence-corrected chi connectivity index (χ1v) is 7.00. The van der Waals surface area contributed by atoms with Gasteiger partial charge in [-0.3, -0.25) is 10.1 Å². The molecule has 0 saturated heterocycles. The molecule has 0 spiro atoms. The maximum atomic E-state index is 13.4. The number of carbonyl (C=O) groups excluding carboxylic acids is 1. The van der Waals surface area contributed by atoms with Gasteiger partial charge in [-0.05, 0) is 18.6 Å². The molecule has 1 aromatic heterocycles. The van der Waals surface area contributed by atoms with Crippen LogP contribution >= 0.6 is 11.3 Å². The van der Waals surface area contributed by atoms with Gasteiger partial charge in [0.1, 0.15) is 16.6 Å². The van der Waals surface area contributed by atoms with Crippen LogP contribution in [0.4, 0.5) is 13.9 Å². The smallest absolute Gasteiger partial charge is 0.260 e. The van der Waals surface area contributed by atoms with Crippen LogP contribution in [0.2, 0.25) is 0 Å². The quantitative estimate of drug-likeness (QED) is 0.920. The minimum absolute atomic E-state index is 0.225. The highest BCUT2D eigenvalue weighted by Crippen LogP contribution is 2.19. The molecular weight excluding hydrogens is 284 g/mol. The molecule has 1 amide bonds. The fourth-order valence-corrected chi connectivity index (χ4v) is 2.35. The summed E-state index contributed by atoms with van der Waals surface area (Å²) in [6.07, 6.45) is 2.84. The zero-order chi connectivity index (χ0) is 14.5. The van der Waals surface area contributed by atoms with Crippen LogP contribution < -0.4 is 5.32 Å². The van der Waals surface area contributed by atoms with Gasteiger partial charge in [0.05, 0.1) is 5.56 Å². The van der Waals surface area contributed by atoms with E-state index in [1.165, 1.54) is 11.3 Å². The summed E-state index contributed by atoms with van der Waals surface area (Å²) < 4.78 is 26.2. The first-order valence-electron chi connectivity index (χ1n) is 6.19. The molecule has 0 saturated carbocycles. The lowest BCUT2D eigenvalue weighted by Gasteiger charge is -2.02. The van der Waals surface area contributed by atoms with Crippen molar-refractivity contribution in [2.45, 2.75) is 26.2 Å². The highest BCUT2D eigenvalue weighted by molar-refractivity contribution is 7.15. The van der Waals surface area contributed by atoms with E-state index in [2.05, 4.69) is 22.4 Å². The van der Waals surface area contributed by atoms with Gasteiger partial charge in [-0.2, -0.15) is 0 Å². The van der Waals surface area contributed by atoms with Crippen molar-refractivity contribution >= 4 is 22.4 Å². The molecule has 2 rings (SSSR count). The highest BCUT2D eigenvalue weighted by Gasteiger charge is 2.14. The highest BCUT2D eigenvalue weighted by atomic mass is 32.1. The second-order valence-electron chi connectivity index (χ2n) is 4.18. The van der Waals surface area contributed by atoms with Crippen molar-refractivity contribution in [2.24, 2.45) is 0 Å². The number of nitrogens with one attached hydrogen (secondary N) is 1. The predicted molar refractivity (Wildman–Crippen MR) is 72.8 cm³/mol. The van der Waals surface area contributed by atoms with E-state index in [-0.39, 0.29) is 5.56 Å². The van der Waals surface area contributed by atoms with Crippen LogP contribution in [-0.4, -0.2) is 16.1 Å². The molecular formula is C13H13F2N3OS. The average Bonchev–Trinajstić information content (AvgIpc) is 2.83. The molecule has 2 aromatic rings. The van der Waals surface area contributed by atoms with Crippen molar-refractivity contribution in [1.82, 2.24) is 10.2 Å². The summed E-state index contributed by atoms with van der Waals surface area (Å²) in [5, 5.41) is 11.3. The summed E-state index contributed by atoms with van der Waals surface area (Å²) >= 11 is 1.25. The zero-order valence-electron chi connectivity index (χ0n) is 10.8. The number of carbonyl (C=O) groups is 1. The molecule has 0 unspecified atom stereocenters. The molecule has 1 aromatic carbocycles. The van der Waals surface area contributed by atoms with Crippen LogP contribution in [0.3, 0.4) is 0 Å². The van der Waals surface area contributed by atoms with E-state index >= 15 is 0 Å². The largest absolute Gasteiger partial charge is 0.296 e. The van der Waals surface area contributed by atoms with Gasteiger partial charge in [-0.15, -0.1) is 10.2 Å². The number of unbranched alkanes of at least 4 members (excludes halogenated alkanes) is 1. The summed E-state index contributed by atoms with van der Waals surface area (Å²) in [4.78, 5) is 11.8. The van der Waals surface area contributed by atoms with Crippen molar-refractivity contribution in [1.29, 1.82) is 0 Å². The molecule has 20 heavy (non-hydrogen) atoms. The monoisotopic (exact) mass is 297 g/mol. The number of rotatable bonds is 5. The summed E-state index contributed by atoms with van der Waals surface area (Å²) in [7, 11) is 0. The molecule has 7 heteroatoms. The number of halogens is 2. The summed E-state index contributed by atoms with van der Waals surface area (Å²) in [6.45, 7) is 2.07. The van der Waals surface area contributed by atoms with E-state index in [1.807, 2.05) is 0 Å². The van der Waals surface area contributed by atoms with Gasteiger partial charge >= 0.3 is 0 Å². The van der Waals surface area contributed by atoms with Crippen LogP contribution in [0.5, 0.6) is 0 Å². The van der Waals surface area contributed by atoms with Crippen molar-refractivity contribution < 1.29 is 13.6 Å². The number of aryl methyl sites for hydroxylation is 1. The van der Waals surface area contributed by atoms with E-state index < -0.39 is 17.5 Å². The van der Waals surface area contributed by atoms with Crippen LogP contribution in [0.1, 0.15) is 35.1 Å². The fourth-order valence-electron chi connectivity index (χ4n) is 1.57. The first kappa shape index (κ1) is 14.5. The number of aromatic nitrogens is 2. The third-order valence-corrected chi connectivity index (χ3v) is 3.51. The van der Waals surface area contributed by atoms with Gasteiger partial charge in [0.25, 0.3) is 5.91 Å². The van der Waals surface area contributed by atoms with Gasteiger partial charge in [0, 0.05) is 12.5 Å². The standard InChI is InChI=1S/C13H13F2N3OS/c1-2-3-4-11-17-18-13(20-11)16-12(19)9-6-5-8(14)7-10(9)15/h5-7H,2-4H2,1H3,(H,16,18,19). The van der Waals surface area contributed by atoms with Crippen LogP contribution in [0, 0.1) is 11.6 Å². The number of hydrogen-bond acceptors (Lipinski definition) is 4. The maximum Gasteiger partial charge on any atom is 0.260 e. The molecule has 106 valence electrons. The van der Waals surface area contributed by atoms with E-state index in [0.29, 0.717) is 11.2 Å². The molecule has 0 aliphatic heterocycles. The summed E-state index contributed by atoms with van der Waals surface area (Å²) in [5.41, 5.74) is -0.225. The number of benzene rings is 1. The molecule has 1 N–H and O–H groups in total. The molecule has 0 radical (unpaired) electrons. The van der Waals surface area contributed by atoms with Crippen molar-refractivity contribution in [3.05, 3.63) is 40.4 Å². The van der Waals surface area contributed by atoms with Crippen molar-refractivity contribution in [3.63, 3.8) is 0 Å². The van der Waals surface area contributed by atoms with Crippen LogP contribution in [0.25, 0.3) is 0 Å². The zero-order valence-corrected chi connectivity index (χ0v) is 11.6. The molecule has 0 fully saturated rings. The van der Waals surface area contributed by atoms with E-state index in [0.717, 1.165) is 36.4 Å². The predicted octanol–water partition coefficient (Wildman–Crippen LogP) is 3.41. The Morgan fingerprint density at radius 3 is 2.85 bits per heavy atom. The van der Waals surface area contributed by atoms with Gasteiger partial charge in [0.2, 0.25) is 5.13 Å². The SMILES string of the molecule is CCCCc1nnc(NC(=O)c2ccc(F)cc2F)s1. The van der Waals surface area contributed by atoms with Crippen molar-refractivity contribution in [3.8, 4) is 0 Å². The molecule has 0 bridgehead atoms. The lowest BCUT2D eigenvalue weighted by molar-refractivity contribution is 0.102. The van der Waals surface area contributed by atoms with Crippen LogP contribution in [-0.2, 0) is 6.42 Å². The molecule has 1 heterocycles. The molecule has 0 atom stereocenters. The maximum absolute atomic E-state index is 13.4. The van der Waals surface area contributed by atoms with Gasteiger partial charge in [0.15, 0.2) is 0 Å². The Morgan fingerprint density at radius 2 is 2.15 bits per heavy atom. The van der Waals surface area contributed by atoms with Gasteiger partial charge < -0.3 is 0 Å². The average molecular weight is 297 g/mol. The topological polar surface area (TPSA) is 54.9 Å². The number of anilines is 1. The van der Waals surface area contributed by atoms with E-state index in [4.69, 9.17) is 0 Å². The Labute approximate surface area is 118 Å². The van der Waals surface area contributed by atoms with Gasteiger partial charge in [-0.1, -0.05) is 24.7 Å². The van der Waals surface area contributed by atoms with Crippen LogP contribution in [0.15, 0.2) is 18.2 Å². The third kappa shape index (κ3) is 3.57. The van der Waals surface area contributed by atoms with Gasteiger partial charge in [-0.25, -0.2) is 8.78 Å². The Kier molecular flexibility index (Phi) is 4.73. The molecule has 4 nitrogen and oxygen atoms in total. The van der Waals surface area contributed by atoms with E-state index in [1.54, 1.807) is 0 Å². The Bertz CT molecular complexity index is 615.